The van der Waals surface area contributed by atoms with Crippen LogP contribution in [0.15, 0.2) is 48.5 Å². The van der Waals surface area contributed by atoms with Crippen LogP contribution in [0.2, 0.25) is 0 Å². The molecule has 5 heteroatoms. The maximum atomic E-state index is 12.9. The predicted octanol–water partition coefficient (Wildman–Crippen LogP) is 3.79. The van der Waals surface area contributed by atoms with E-state index >= 15 is 0 Å². The van der Waals surface area contributed by atoms with E-state index in [0.717, 1.165) is 64.3 Å². The SMILES string of the molecule is NCCCn1c2ccccc2c2c3c(c4c(c21)-c1ccccc1CC4)C(=O)NC3=O. The highest BCUT2D eigenvalue weighted by Crippen LogP contribution is 2.47. The van der Waals surface area contributed by atoms with Crippen molar-refractivity contribution in [3.63, 3.8) is 0 Å². The summed E-state index contributed by atoms with van der Waals surface area (Å²) in [5.41, 5.74) is 13.6. The lowest BCUT2D eigenvalue weighted by molar-refractivity contribution is 0.0880. The number of hydrogen-bond acceptors (Lipinski definition) is 3. The number of hydrogen-bond donors (Lipinski definition) is 2. The van der Waals surface area contributed by atoms with Crippen LogP contribution in [-0.4, -0.2) is 22.9 Å². The number of carbonyl (C=O) groups excluding carboxylic acids is 2. The fraction of sp³-hybridized carbons (Fsp3) is 0.200. The van der Waals surface area contributed by atoms with Crippen LogP contribution in [0.3, 0.4) is 0 Å². The number of rotatable bonds is 3. The molecular weight excluding hydrogens is 374 g/mol. The van der Waals surface area contributed by atoms with Crippen LogP contribution in [0.5, 0.6) is 0 Å². The normalized spacial score (nSPS) is 14.7. The quantitative estimate of drug-likeness (QED) is 0.518. The van der Waals surface area contributed by atoms with Gasteiger partial charge in [0.1, 0.15) is 0 Å². The molecule has 2 aliphatic rings. The first-order chi connectivity index (χ1) is 14.7. The van der Waals surface area contributed by atoms with Gasteiger partial charge >= 0.3 is 0 Å². The average molecular weight is 395 g/mol. The number of aryl methyl sites for hydroxylation is 2. The van der Waals surface area contributed by atoms with Gasteiger partial charge < -0.3 is 10.3 Å². The van der Waals surface area contributed by atoms with Crippen LogP contribution in [0, 0.1) is 0 Å². The first kappa shape index (κ1) is 17.4. The van der Waals surface area contributed by atoms with E-state index in [1.54, 1.807) is 0 Å². The molecule has 148 valence electrons. The minimum Gasteiger partial charge on any atom is -0.340 e. The Morgan fingerprint density at radius 3 is 2.53 bits per heavy atom. The van der Waals surface area contributed by atoms with Crippen molar-refractivity contribution in [1.82, 2.24) is 9.88 Å². The standard InChI is InChI=1S/C25H21N3O2/c26-12-5-13-28-18-9-4-3-8-16(18)20-22-21(24(29)27-25(22)30)17-11-10-14-6-1-2-7-15(14)19(17)23(20)28/h1-4,6-9H,5,10-13,26H2,(H,27,29,30). The van der Waals surface area contributed by atoms with Crippen LogP contribution in [0.1, 0.15) is 38.3 Å². The Hall–Kier alpha value is -3.44. The molecule has 6 rings (SSSR count). The fourth-order valence-corrected chi connectivity index (χ4v) is 5.33. The van der Waals surface area contributed by atoms with Gasteiger partial charge in [-0.25, -0.2) is 0 Å². The smallest absolute Gasteiger partial charge is 0.259 e. The number of amides is 2. The summed E-state index contributed by atoms with van der Waals surface area (Å²) in [5.74, 6) is -0.560. The molecule has 5 nitrogen and oxygen atoms in total. The molecule has 30 heavy (non-hydrogen) atoms. The Morgan fingerprint density at radius 2 is 1.67 bits per heavy atom. The van der Waals surface area contributed by atoms with E-state index in [1.807, 2.05) is 24.3 Å². The largest absolute Gasteiger partial charge is 0.340 e. The molecule has 2 amide bonds. The maximum absolute atomic E-state index is 12.9. The molecular formula is C25H21N3O2. The molecule has 1 aliphatic carbocycles. The van der Waals surface area contributed by atoms with Crippen LogP contribution in [0.4, 0.5) is 0 Å². The molecule has 0 saturated heterocycles. The van der Waals surface area contributed by atoms with E-state index in [9.17, 15) is 9.59 Å². The van der Waals surface area contributed by atoms with Gasteiger partial charge in [-0.1, -0.05) is 42.5 Å². The summed E-state index contributed by atoms with van der Waals surface area (Å²) < 4.78 is 2.30. The lowest BCUT2D eigenvalue weighted by Gasteiger charge is -2.24. The Labute approximate surface area is 173 Å². The number of aromatic nitrogens is 1. The summed E-state index contributed by atoms with van der Waals surface area (Å²) in [6, 6.07) is 16.6. The van der Waals surface area contributed by atoms with E-state index in [-0.39, 0.29) is 11.8 Å². The van der Waals surface area contributed by atoms with Gasteiger partial charge in [0.05, 0.1) is 16.6 Å². The lowest BCUT2D eigenvalue weighted by atomic mass is 9.80. The van der Waals surface area contributed by atoms with Gasteiger partial charge in [-0.05, 0) is 48.6 Å². The van der Waals surface area contributed by atoms with E-state index in [4.69, 9.17) is 5.73 Å². The van der Waals surface area contributed by atoms with Crippen molar-refractivity contribution in [3.05, 3.63) is 70.8 Å². The first-order valence-corrected chi connectivity index (χ1v) is 10.4. The second-order valence-electron chi connectivity index (χ2n) is 8.08. The molecule has 0 atom stereocenters. The van der Waals surface area contributed by atoms with E-state index in [0.29, 0.717) is 17.7 Å². The number of para-hydroxylation sites is 1. The topological polar surface area (TPSA) is 77.1 Å². The highest BCUT2D eigenvalue weighted by molar-refractivity contribution is 6.33. The van der Waals surface area contributed by atoms with E-state index in [1.165, 1.54) is 5.56 Å². The summed E-state index contributed by atoms with van der Waals surface area (Å²) in [5, 5.41) is 4.45. The molecule has 1 aliphatic heterocycles. The van der Waals surface area contributed by atoms with Crippen molar-refractivity contribution in [3.8, 4) is 11.1 Å². The molecule has 0 radical (unpaired) electrons. The average Bonchev–Trinajstić information content (AvgIpc) is 3.25. The van der Waals surface area contributed by atoms with Gasteiger partial charge in [-0.3, -0.25) is 14.9 Å². The van der Waals surface area contributed by atoms with Gasteiger partial charge in [0, 0.05) is 28.4 Å². The molecule has 0 bridgehead atoms. The van der Waals surface area contributed by atoms with Gasteiger partial charge in [0.2, 0.25) is 0 Å². The highest BCUT2D eigenvalue weighted by Gasteiger charge is 2.37. The minimum absolute atomic E-state index is 0.272. The Bertz CT molecular complexity index is 1400. The molecule has 4 aromatic rings. The zero-order valence-electron chi connectivity index (χ0n) is 16.5. The summed E-state index contributed by atoms with van der Waals surface area (Å²) in [4.78, 5) is 25.8. The van der Waals surface area contributed by atoms with Crippen molar-refractivity contribution in [2.45, 2.75) is 25.8 Å². The van der Waals surface area contributed by atoms with Crippen molar-refractivity contribution in [2.75, 3.05) is 6.54 Å². The molecule has 3 aromatic carbocycles. The molecule has 0 unspecified atom stereocenters. The number of benzene rings is 3. The molecule has 2 heterocycles. The highest BCUT2D eigenvalue weighted by atomic mass is 16.2. The number of nitrogens with zero attached hydrogens (tertiary/aromatic N) is 1. The minimum atomic E-state index is -0.289. The van der Waals surface area contributed by atoms with Gasteiger partial charge in [-0.15, -0.1) is 0 Å². The number of carbonyl (C=O) groups is 2. The van der Waals surface area contributed by atoms with Gasteiger partial charge in [0.15, 0.2) is 0 Å². The Kier molecular flexibility index (Phi) is 3.65. The summed E-state index contributed by atoms with van der Waals surface area (Å²) in [6.45, 7) is 1.36. The van der Waals surface area contributed by atoms with E-state index in [2.05, 4.69) is 34.1 Å². The van der Waals surface area contributed by atoms with Crippen molar-refractivity contribution < 1.29 is 9.59 Å². The third kappa shape index (κ3) is 2.15. The van der Waals surface area contributed by atoms with Crippen molar-refractivity contribution >= 4 is 33.6 Å². The Balaban J connectivity index is 1.89. The Morgan fingerprint density at radius 1 is 0.900 bits per heavy atom. The second-order valence-corrected chi connectivity index (χ2v) is 8.08. The lowest BCUT2D eigenvalue weighted by Crippen LogP contribution is -2.20. The zero-order valence-corrected chi connectivity index (χ0v) is 16.5. The molecule has 1 aromatic heterocycles. The third-order valence-electron chi connectivity index (χ3n) is 6.51. The summed E-state index contributed by atoms with van der Waals surface area (Å²) in [7, 11) is 0. The van der Waals surface area contributed by atoms with Gasteiger partial charge in [-0.2, -0.15) is 0 Å². The first-order valence-electron chi connectivity index (χ1n) is 10.4. The second kappa shape index (κ2) is 6.28. The monoisotopic (exact) mass is 395 g/mol. The van der Waals surface area contributed by atoms with Crippen LogP contribution in [0.25, 0.3) is 32.9 Å². The van der Waals surface area contributed by atoms with Crippen LogP contribution in [-0.2, 0) is 19.4 Å². The molecule has 0 fully saturated rings. The van der Waals surface area contributed by atoms with Gasteiger partial charge in [0.25, 0.3) is 11.8 Å². The van der Waals surface area contributed by atoms with Crippen molar-refractivity contribution in [1.29, 1.82) is 0 Å². The maximum Gasteiger partial charge on any atom is 0.259 e. The number of nitrogens with one attached hydrogen (secondary N) is 1. The third-order valence-corrected chi connectivity index (χ3v) is 6.51. The molecule has 0 spiro atoms. The zero-order chi connectivity index (χ0) is 20.4. The van der Waals surface area contributed by atoms with Crippen molar-refractivity contribution in [2.24, 2.45) is 5.73 Å². The fourth-order valence-electron chi connectivity index (χ4n) is 5.33. The van der Waals surface area contributed by atoms with E-state index < -0.39 is 0 Å². The van der Waals surface area contributed by atoms with Crippen LogP contribution >= 0.6 is 0 Å². The number of fused-ring (bicyclic) bond motifs is 10. The van der Waals surface area contributed by atoms with Crippen LogP contribution < -0.4 is 11.1 Å². The predicted molar refractivity (Wildman–Crippen MR) is 118 cm³/mol. The number of nitrogens with two attached hydrogens (primary N) is 1. The summed E-state index contributed by atoms with van der Waals surface area (Å²) in [6.07, 6.45) is 2.46. The molecule has 3 N–H and O–H groups in total. The summed E-state index contributed by atoms with van der Waals surface area (Å²) >= 11 is 0. The molecule has 0 saturated carbocycles. The number of imide groups is 1.